The average Bonchev–Trinajstić information content (AvgIpc) is 3.31. The molecular formula is C21H27N3O3S. The second-order valence-corrected chi connectivity index (χ2v) is 10.2. The lowest BCUT2D eigenvalue weighted by molar-refractivity contribution is -0.131. The predicted octanol–water partition coefficient (Wildman–Crippen LogP) is 2.60. The fraction of sp³-hybridized carbons (Fsp3) is 0.571. The SMILES string of the molecule is C[C@H](NC(=O)[C@H]1N2C(=O)c3ccccc3[C@@H]2SC1(C)C)C(=O)NC1CCCC1. The van der Waals surface area contributed by atoms with Gasteiger partial charge < -0.3 is 15.5 Å². The highest BCUT2D eigenvalue weighted by Gasteiger charge is 2.57. The van der Waals surface area contributed by atoms with Crippen LogP contribution in [0.1, 0.15) is 67.7 Å². The fourth-order valence-corrected chi connectivity index (χ4v) is 6.15. The van der Waals surface area contributed by atoms with Gasteiger partial charge in [-0.15, -0.1) is 11.8 Å². The molecule has 2 heterocycles. The Morgan fingerprint density at radius 3 is 2.61 bits per heavy atom. The average molecular weight is 402 g/mol. The van der Waals surface area contributed by atoms with Crippen LogP contribution in [0.4, 0.5) is 0 Å². The van der Waals surface area contributed by atoms with E-state index in [1.165, 1.54) is 0 Å². The molecule has 1 saturated heterocycles. The van der Waals surface area contributed by atoms with Gasteiger partial charge in [0, 0.05) is 16.4 Å². The zero-order valence-corrected chi connectivity index (χ0v) is 17.3. The Morgan fingerprint density at radius 1 is 1.21 bits per heavy atom. The number of nitrogens with zero attached hydrogens (tertiary/aromatic N) is 1. The van der Waals surface area contributed by atoms with Gasteiger partial charge in [-0.3, -0.25) is 14.4 Å². The van der Waals surface area contributed by atoms with Crippen molar-refractivity contribution in [1.29, 1.82) is 0 Å². The Hall–Kier alpha value is -2.02. The number of hydrogen-bond donors (Lipinski definition) is 2. The molecule has 0 aromatic heterocycles. The van der Waals surface area contributed by atoms with E-state index in [4.69, 9.17) is 0 Å². The van der Waals surface area contributed by atoms with Gasteiger partial charge in [0.2, 0.25) is 11.8 Å². The second-order valence-electron chi connectivity index (χ2n) is 8.50. The van der Waals surface area contributed by atoms with Crippen molar-refractivity contribution in [2.24, 2.45) is 0 Å². The number of benzene rings is 1. The zero-order chi connectivity index (χ0) is 20.1. The summed E-state index contributed by atoms with van der Waals surface area (Å²) < 4.78 is -0.445. The minimum Gasteiger partial charge on any atom is -0.352 e. The first-order valence-corrected chi connectivity index (χ1v) is 10.9. The smallest absolute Gasteiger partial charge is 0.256 e. The van der Waals surface area contributed by atoms with Crippen molar-refractivity contribution in [3.63, 3.8) is 0 Å². The fourth-order valence-electron chi connectivity index (χ4n) is 4.56. The standard InChI is InChI=1S/C21H27N3O3S/c1-12(17(25)23-13-8-4-5-9-13)22-18(26)16-21(2,3)28-20-15-11-7-6-10-14(15)19(27)24(16)20/h6-7,10-13,16,20H,4-5,8-9H2,1-3H3,(H,22,26)(H,23,25)/t12-,16+,20-/m0/s1. The molecule has 2 aliphatic heterocycles. The summed E-state index contributed by atoms with van der Waals surface area (Å²) in [6, 6.07) is 6.50. The highest BCUT2D eigenvalue weighted by atomic mass is 32.2. The Balaban J connectivity index is 1.49. The van der Waals surface area contributed by atoms with Crippen LogP contribution in [0.2, 0.25) is 0 Å². The lowest BCUT2D eigenvalue weighted by atomic mass is 10.0. The Labute approximate surface area is 169 Å². The summed E-state index contributed by atoms with van der Waals surface area (Å²) in [7, 11) is 0. The maximum atomic E-state index is 13.2. The summed E-state index contributed by atoms with van der Waals surface area (Å²) in [5, 5.41) is 5.72. The molecule has 1 aromatic carbocycles. The first-order chi connectivity index (χ1) is 13.3. The molecule has 28 heavy (non-hydrogen) atoms. The first-order valence-electron chi connectivity index (χ1n) is 10.00. The van der Waals surface area contributed by atoms with Crippen LogP contribution >= 0.6 is 11.8 Å². The van der Waals surface area contributed by atoms with Crippen molar-refractivity contribution in [1.82, 2.24) is 15.5 Å². The van der Waals surface area contributed by atoms with Gasteiger partial charge in [0.1, 0.15) is 17.5 Å². The molecule has 1 aromatic rings. The predicted molar refractivity (Wildman–Crippen MR) is 109 cm³/mol. The van der Waals surface area contributed by atoms with E-state index in [0.717, 1.165) is 31.2 Å². The summed E-state index contributed by atoms with van der Waals surface area (Å²) in [4.78, 5) is 40.3. The Bertz CT molecular complexity index is 819. The molecule has 150 valence electrons. The van der Waals surface area contributed by atoms with Crippen LogP contribution in [-0.2, 0) is 9.59 Å². The molecule has 0 unspecified atom stereocenters. The van der Waals surface area contributed by atoms with Gasteiger partial charge in [0.25, 0.3) is 5.91 Å². The van der Waals surface area contributed by atoms with E-state index < -0.39 is 16.8 Å². The maximum absolute atomic E-state index is 13.2. The Morgan fingerprint density at radius 2 is 1.89 bits per heavy atom. The minimum atomic E-state index is -0.631. The monoisotopic (exact) mass is 401 g/mol. The van der Waals surface area contributed by atoms with Gasteiger partial charge in [-0.25, -0.2) is 0 Å². The molecule has 3 aliphatic rings. The van der Waals surface area contributed by atoms with Crippen molar-refractivity contribution in [3.8, 4) is 0 Å². The van der Waals surface area contributed by atoms with Crippen LogP contribution in [0.25, 0.3) is 0 Å². The third-order valence-electron chi connectivity index (χ3n) is 6.00. The highest BCUT2D eigenvalue weighted by molar-refractivity contribution is 8.01. The molecular weight excluding hydrogens is 374 g/mol. The molecule has 6 nitrogen and oxygen atoms in total. The van der Waals surface area contributed by atoms with Gasteiger partial charge in [-0.2, -0.15) is 0 Å². The van der Waals surface area contributed by atoms with Crippen molar-refractivity contribution in [2.75, 3.05) is 0 Å². The molecule has 2 fully saturated rings. The lowest BCUT2D eigenvalue weighted by Gasteiger charge is -2.30. The molecule has 7 heteroatoms. The van der Waals surface area contributed by atoms with Gasteiger partial charge in [0.15, 0.2) is 0 Å². The summed E-state index contributed by atoms with van der Waals surface area (Å²) in [5.74, 6) is -0.534. The lowest BCUT2D eigenvalue weighted by Crippen LogP contribution is -2.56. The van der Waals surface area contributed by atoms with Crippen LogP contribution in [0, 0.1) is 0 Å². The normalized spacial score (nSPS) is 26.7. The molecule has 4 rings (SSSR count). The largest absolute Gasteiger partial charge is 0.352 e. The van der Waals surface area contributed by atoms with Gasteiger partial charge in [-0.05, 0) is 45.2 Å². The van der Waals surface area contributed by atoms with E-state index in [0.29, 0.717) is 5.56 Å². The van der Waals surface area contributed by atoms with Crippen LogP contribution in [-0.4, -0.2) is 45.5 Å². The number of nitrogens with one attached hydrogen (secondary N) is 2. The number of fused-ring (bicyclic) bond motifs is 3. The number of amides is 3. The van der Waals surface area contributed by atoms with E-state index in [2.05, 4.69) is 10.6 Å². The minimum absolute atomic E-state index is 0.109. The quantitative estimate of drug-likeness (QED) is 0.813. The molecule has 0 spiro atoms. The van der Waals surface area contributed by atoms with E-state index in [9.17, 15) is 14.4 Å². The van der Waals surface area contributed by atoms with E-state index in [1.807, 2.05) is 38.1 Å². The van der Waals surface area contributed by atoms with Crippen molar-refractivity contribution >= 4 is 29.5 Å². The highest BCUT2D eigenvalue weighted by Crippen LogP contribution is 2.56. The molecule has 0 bridgehead atoms. The summed E-state index contributed by atoms with van der Waals surface area (Å²) in [6.07, 6.45) is 4.28. The second kappa shape index (κ2) is 7.10. The molecule has 0 radical (unpaired) electrons. The first kappa shape index (κ1) is 19.3. The third-order valence-corrected chi connectivity index (χ3v) is 7.53. The number of rotatable bonds is 4. The number of carbonyl (C=O) groups excluding carboxylic acids is 3. The van der Waals surface area contributed by atoms with Gasteiger partial charge in [-0.1, -0.05) is 31.0 Å². The van der Waals surface area contributed by atoms with Crippen LogP contribution in [0.15, 0.2) is 24.3 Å². The van der Waals surface area contributed by atoms with Crippen molar-refractivity contribution < 1.29 is 14.4 Å². The van der Waals surface area contributed by atoms with E-state index in [1.54, 1.807) is 23.6 Å². The van der Waals surface area contributed by atoms with Crippen molar-refractivity contribution in [2.45, 2.75) is 74.7 Å². The zero-order valence-electron chi connectivity index (χ0n) is 16.5. The summed E-state index contributed by atoms with van der Waals surface area (Å²) in [5.41, 5.74) is 1.63. The van der Waals surface area contributed by atoms with Crippen LogP contribution in [0.5, 0.6) is 0 Å². The Kier molecular flexibility index (Phi) is 4.89. The number of carbonyl (C=O) groups is 3. The molecule has 3 atom stereocenters. The number of hydrogen-bond acceptors (Lipinski definition) is 4. The number of thioether (sulfide) groups is 1. The molecule has 3 amide bonds. The van der Waals surface area contributed by atoms with Crippen LogP contribution < -0.4 is 10.6 Å². The van der Waals surface area contributed by atoms with E-state index >= 15 is 0 Å². The van der Waals surface area contributed by atoms with Crippen LogP contribution in [0.3, 0.4) is 0 Å². The van der Waals surface area contributed by atoms with Gasteiger partial charge in [0.05, 0.1) is 0 Å². The summed E-state index contributed by atoms with van der Waals surface area (Å²) >= 11 is 1.63. The summed E-state index contributed by atoms with van der Waals surface area (Å²) in [6.45, 7) is 5.67. The van der Waals surface area contributed by atoms with E-state index in [-0.39, 0.29) is 29.1 Å². The topological polar surface area (TPSA) is 78.5 Å². The maximum Gasteiger partial charge on any atom is 0.256 e. The third kappa shape index (κ3) is 3.19. The molecule has 1 saturated carbocycles. The van der Waals surface area contributed by atoms with Gasteiger partial charge >= 0.3 is 0 Å². The molecule has 1 aliphatic carbocycles. The molecule has 2 N–H and O–H groups in total. The van der Waals surface area contributed by atoms with Crippen molar-refractivity contribution in [3.05, 3.63) is 35.4 Å².